The van der Waals surface area contributed by atoms with Crippen molar-refractivity contribution >= 4 is 22.9 Å². The fraction of sp³-hybridized carbons (Fsp3) is 0.207. The van der Waals surface area contributed by atoms with E-state index in [0.29, 0.717) is 59.8 Å². The highest BCUT2D eigenvalue weighted by atomic mass is 19.1. The lowest BCUT2D eigenvalue weighted by Gasteiger charge is -2.24. The van der Waals surface area contributed by atoms with Gasteiger partial charge in [0.15, 0.2) is 5.82 Å². The summed E-state index contributed by atoms with van der Waals surface area (Å²) in [5.41, 5.74) is 9.24. The van der Waals surface area contributed by atoms with Gasteiger partial charge in [0.2, 0.25) is 0 Å². The number of nitrogens with one attached hydrogen (secondary N) is 2. The highest BCUT2D eigenvalue weighted by Gasteiger charge is 2.24. The van der Waals surface area contributed by atoms with Crippen molar-refractivity contribution in [2.75, 3.05) is 24.3 Å². The number of benzene rings is 3. The average Bonchev–Trinajstić information content (AvgIpc) is 2.94. The Morgan fingerprint density at radius 1 is 0.974 bits per heavy atom. The molecule has 0 spiro atoms. The van der Waals surface area contributed by atoms with Crippen LogP contribution < -0.4 is 20.5 Å². The van der Waals surface area contributed by atoms with Crippen molar-refractivity contribution in [2.45, 2.75) is 19.4 Å². The molecule has 0 atom stereocenters. The number of hydrogen-bond acceptors (Lipinski definition) is 8. The predicted molar refractivity (Wildman–Crippen MR) is 144 cm³/mol. The Hall–Kier alpha value is -4.50. The number of ether oxygens (including phenoxy) is 3. The molecule has 5 rings (SSSR count). The molecular weight excluding hydrogens is 485 g/mol. The first kappa shape index (κ1) is 25.2. The molecular formula is C29H28FN5O3. The number of nitrogens with two attached hydrogens (primary N) is 1. The molecule has 1 fully saturated rings. The molecule has 1 aliphatic heterocycles. The van der Waals surface area contributed by atoms with Gasteiger partial charge in [-0.3, -0.25) is 0 Å². The summed E-state index contributed by atoms with van der Waals surface area (Å²) in [5, 5.41) is 11.9. The van der Waals surface area contributed by atoms with Crippen molar-refractivity contribution in [3.05, 3.63) is 96.2 Å². The molecule has 1 saturated heterocycles. The average molecular weight is 514 g/mol. The third kappa shape index (κ3) is 6.24. The number of anilines is 3. The summed E-state index contributed by atoms with van der Waals surface area (Å²) in [7, 11) is 0. The van der Waals surface area contributed by atoms with Gasteiger partial charge < -0.3 is 30.7 Å². The van der Waals surface area contributed by atoms with Crippen LogP contribution in [0.15, 0.2) is 79.1 Å². The third-order valence-electron chi connectivity index (χ3n) is 6.21. The zero-order chi connectivity index (χ0) is 26.3. The molecule has 0 aliphatic carbocycles. The molecule has 0 saturated carbocycles. The van der Waals surface area contributed by atoms with Gasteiger partial charge in [-0.25, -0.2) is 14.4 Å². The molecule has 9 heteroatoms. The van der Waals surface area contributed by atoms with E-state index in [4.69, 9.17) is 25.4 Å². The van der Waals surface area contributed by atoms with Crippen molar-refractivity contribution in [1.29, 1.82) is 5.41 Å². The fourth-order valence-electron chi connectivity index (χ4n) is 4.21. The van der Waals surface area contributed by atoms with Gasteiger partial charge in [-0.15, -0.1) is 0 Å². The minimum Gasteiger partial charge on any atom is -0.489 e. The van der Waals surface area contributed by atoms with Crippen LogP contribution in [0.4, 0.5) is 21.6 Å². The van der Waals surface area contributed by atoms with E-state index in [2.05, 4.69) is 15.3 Å². The fourth-order valence-corrected chi connectivity index (χ4v) is 4.21. The van der Waals surface area contributed by atoms with Crippen LogP contribution in [0, 0.1) is 17.1 Å². The van der Waals surface area contributed by atoms with Crippen LogP contribution in [0.2, 0.25) is 0 Å². The quantitative estimate of drug-likeness (QED) is 0.231. The Bertz CT molecular complexity index is 1390. The number of nitrogen functional groups attached to an aromatic ring is 1. The number of rotatable bonds is 9. The minimum atomic E-state index is -0.456. The smallest absolute Gasteiger partial charge is 0.151 e. The maximum Gasteiger partial charge on any atom is 0.151 e. The maximum atomic E-state index is 14.2. The molecule has 2 heterocycles. The van der Waals surface area contributed by atoms with Gasteiger partial charge in [-0.2, -0.15) is 0 Å². The summed E-state index contributed by atoms with van der Waals surface area (Å²) in [5.74, 6) is 1.07. The summed E-state index contributed by atoms with van der Waals surface area (Å²) in [6.07, 6.45) is 2.91. The normalized spacial score (nSPS) is 13.6. The van der Waals surface area contributed by atoms with Crippen LogP contribution in [-0.4, -0.2) is 28.9 Å². The van der Waals surface area contributed by atoms with E-state index < -0.39 is 5.82 Å². The lowest BCUT2D eigenvalue weighted by atomic mass is 9.92. The van der Waals surface area contributed by atoms with Crippen LogP contribution in [0.5, 0.6) is 17.2 Å². The molecule has 8 nitrogen and oxygen atoms in total. The topological polar surface area (TPSA) is 115 Å². The lowest BCUT2D eigenvalue weighted by Crippen LogP contribution is -2.25. The van der Waals surface area contributed by atoms with E-state index >= 15 is 0 Å². The van der Waals surface area contributed by atoms with E-state index in [9.17, 15) is 4.39 Å². The zero-order valence-electron chi connectivity index (χ0n) is 20.7. The van der Waals surface area contributed by atoms with Gasteiger partial charge in [0, 0.05) is 43.0 Å². The minimum absolute atomic E-state index is 0.0576. The summed E-state index contributed by atoms with van der Waals surface area (Å²) < 4.78 is 31.3. The molecule has 1 aromatic heterocycles. The van der Waals surface area contributed by atoms with Crippen molar-refractivity contribution in [3.63, 3.8) is 0 Å². The van der Waals surface area contributed by atoms with Crippen molar-refractivity contribution in [1.82, 2.24) is 9.97 Å². The highest BCUT2D eigenvalue weighted by molar-refractivity contribution is 6.05. The summed E-state index contributed by atoms with van der Waals surface area (Å²) in [6.45, 7) is 1.58. The van der Waals surface area contributed by atoms with Crippen molar-refractivity contribution in [3.8, 4) is 17.2 Å². The monoisotopic (exact) mass is 513 g/mol. The molecule has 4 N–H and O–H groups in total. The van der Waals surface area contributed by atoms with Crippen LogP contribution >= 0.6 is 0 Å². The Kier molecular flexibility index (Phi) is 7.75. The molecule has 4 aromatic rings. The maximum absolute atomic E-state index is 14.2. The largest absolute Gasteiger partial charge is 0.489 e. The second kappa shape index (κ2) is 11.7. The van der Waals surface area contributed by atoms with Gasteiger partial charge in [0.25, 0.3) is 0 Å². The Morgan fingerprint density at radius 3 is 2.47 bits per heavy atom. The summed E-state index contributed by atoms with van der Waals surface area (Å²) in [6, 6.07) is 21.0. The first-order valence-electron chi connectivity index (χ1n) is 12.3. The first-order chi connectivity index (χ1) is 18.5. The van der Waals surface area contributed by atoms with Gasteiger partial charge in [0.05, 0.1) is 5.71 Å². The Labute approximate surface area is 220 Å². The van der Waals surface area contributed by atoms with Crippen LogP contribution in [0.3, 0.4) is 0 Å². The first-order valence-corrected chi connectivity index (χ1v) is 12.3. The lowest BCUT2D eigenvalue weighted by molar-refractivity contribution is 0.0827. The molecule has 38 heavy (non-hydrogen) atoms. The van der Waals surface area contributed by atoms with Gasteiger partial charge in [-0.05, 0) is 42.7 Å². The van der Waals surface area contributed by atoms with Crippen LogP contribution in [0.1, 0.15) is 24.1 Å². The summed E-state index contributed by atoms with van der Waals surface area (Å²) >= 11 is 0. The highest BCUT2D eigenvalue weighted by Crippen LogP contribution is 2.31. The zero-order valence-corrected chi connectivity index (χ0v) is 20.7. The van der Waals surface area contributed by atoms with E-state index in [1.54, 1.807) is 30.3 Å². The second-order valence-corrected chi connectivity index (χ2v) is 8.93. The molecule has 194 valence electrons. The molecule has 0 amide bonds. The van der Waals surface area contributed by atoms with Crippen LogP contribution in [0.25, 0.3) is 0 Å². The molecule has 0 unspecified atom stereocenters. The second-order valence-electron chi connectivity index (χ2n) is 8.93. The Balaban J connectivity index is 1.27. The van der Waals surface area contributed by atoms with Gasteiger partial charge >= 0.3 is 0 Å². The SMILES string of the molecule is N=C(c1ncnc(N)c1Nc1ccc(Oc2cc(F)cc(OCc3ccccc3)c2)cc1)C1CCOCC1. The molecule has 1 aliphatic rings. The van der Waals surface area contributed by atoms with Crippen molar-refractivity contribution in [2.24, 2.45) is 5.92 Å². The van der Waals surface area contributed by atoms with E-state index in [1.165, 1.54) is 18.5 Å². The standard InChI is InChI=1S/C29H28FN5O3/c30-21-14-24(37-17-19-4-2-1-3-5-19)16-25(15-21)38-23-8-6-22(7-9-23)35-28-27(33-18-34-29(28)32)26(31)20-10-12-36-13-11-20/h1-9,14-16,18,20,31,35H,10-13,17H2,(H2,32,33,34). The number of hydrogen-bond donors (Lipinski definition) is 3. The third-order valence-corrected chi connectivity index (χ3v) is 6.21. The van der Waals surface area contributed by atoms with E-state index in [-0.39, 0.29) is 11.7 Å². The predicted octanol–water partition coefficient (Wildman–Crippen LogP) is 6.11. The molecule has 0 radical (unpaired) electrons. The number of aromatic nitrogens is 2. The Morgan fingerprint density at radius 2 is 1.71 bits per heavy atom. The molecule has 3 aromatic carbocycles. The van der Waals surface area contributed by atoms with Gasteiger partial charge in [0.1, 0.15) is 47.4 Å². The van der Waals surface area contributed by atoms with E-state index in [1.807, 2.05) is 30.3 Å². The van der Waals surface area contributed by atoms with Gasteiger partial charge in [-0.1, -0.05) is 30.3 Å². The van der Waals surface area contributed by atoms with Crippen molar-refractivity contribution < 1.29 is 18.6 Å². The van der Waals surface area contributed by atoms with E-state index in [0.717, 1.165) is 18.4 Å². The number of nitrogens with zero attached hydrogens (tertiary/aromatic N) is 2. The van der Waals surface area contributed by atoms with Crippen LogP contribution in [-0.2, 0) is 11.3 Å². The number of halogens is 1. The summed E-state index contributed by atoms with van der Waals surface area (Å²) in [4.78, 5) is 8.44. The molecule has 0 bridgehead atoms.